The van der Waals surface area contributed by atoms with Crippen LogP contribution < -0.4 is 0 Å². The Bertz CT molecular complexity index is 841. The summed E-state index contributed by atoms with van der Waals surface area (Å²) in [6.07, 6.45) is 5.73. The number of rotatable bonds is 5. The molecular weight excluding hydrogens is 346 g/mol. The van der Waals surface area contributed by atoms with Gasteiger partial charge in [-0.1, -0.05) is 42.3 Å². The van der Waals surface area contributed by atoms with Gasteiger partial charge in [-0.15, -0.1) is 0 Å². The van der Waals surface area contributed by atoms with Crippen molar-refractivity contribution < 1.29 is 19.2 Å². The van der Waals surface area contributed by atoms with Crippen molar-refractivity contribution in [2.24, 2.45) is 0 Å². The third-order valence-electron chi connectivity index (χ3n) is 5.59. The van der Waals surface area contributed by atoms with Gasteiger partial charge in [0.1, 0.15) is 0 Å². The van der Waals surface area contributed by atoms with Crippen LogP contribution in [0.4, 0.5) is 0 Å². The topological polar surface area (TPSA) is 96.5 Å². The molecule has 1 aromatic carbocycles. The first-order valence-electron chi connectivity index (χ1n) is 9.56. The molecule has 1 amide bonds. The quantitative estimate of drug-likeness (QED) is 0.870. The molecule has 2 aliphatic rings. The van der Waals surface area contributed by atoms with Gasteiger partial charge < -0.3 is 14.5 Å². The standard InChI is InChI=1S/C20H23N3O4/c24-17(10-9-16-21-19(22-27-16)14-6-1-2-7-14)23-12-11-13-5-3-4-8-15(13)18(23)20(25)26/h3-5,8,14,18H,1-2,6-7,9-12H2,(H,25,26). The van der Waals surface area contributed by atoms with Gasteiger partial charge in [-0.25, -0.2) is 4.79 Å². The SMILES string of the molecule is O=C(O)C1c2ccccc2CCN1C(=O)CCc1nc(C2CCCC2)no1. The zero-order valence-corrected chi connectivity index (χ0v) is 15.1. The summed E-state index contributed by atoms with van der Waals surface area (Å²) in [6, 6.07) is 6.49. The number of benzene rings is 1. The smallest absolute Gasteiger partial charge is 0.331 e. The zero-order chi connectivity index (χ0) is 18.8. The molecule has 2 aromatic rings. The van der Waals surface area contributed by atoms with Gasteiger partial charge in [-0.3, -0.25) is 4.79 Å². The van der Waals surface area contributed by atoms with Crippen molar-refractivity contribution in [3.8, 4) is 0 Å². The molecule has 1 saturated carbocycles. The molecule has 1 unspecified atom stereocenters. The summed E-state index contributed by atoms with van der Waals surface area (Å²) < 4.78 is 5.30. The van der Waals surface area contributed by atoms with Crippen LogP contribution in [-0.2, 0) is 22.4 Å². The highest BCUT2D eigenvalue weighted by atomic mass is 16.5. The van der Waals surface area contributed by atoms with Gasteiger partial charge in [-0.2, -0.15) is 4.98 Å². The first-order chi connectivity index (χ1) is 13.1. The van der Waals surface area contributed by atoms with E-state index in [0.29, 0.717) is 36.8 Å². The van der Waals surface area contributed by atoms with Crippen molar-refractivity contribution in [1.29, 1.82) is 0 Å². The van der Waals surface area contributed by atoms with Crippen LogP contribution in [-0.4, -0.2) is 38.6 Å². The molecule has 1 aromatic heterocycles. The molecular formula is C20H23N3O4. The fraction of sp³-hybridized carbons (Fsp3) is 0.500. The van der Waals surface area contributed by atoms with Gasteiger partial charge in [0.25, 0.3) is 0 Å². The van der Waals surface area contributed by atoms with E-state index < -0.39 is 12.0 Å². The molecule has 1 aliphatic heterocycles. The Morgan fingerprint density at radius 2 is 2.00 bits per heavy atom. The molecule has 0 spiro atoms. The molecule has 7 heteroatoms. The molecule has 1 N–H and O–H groups in total. The van der Waals surface area contributed by atoms with Crippen LogP contribution in [0.3, 0.4) is 0 Å². The van der Waals surface area contributed by atoms with E-state index in [2.05, 4.69) is 10.1 Å². The molecule has 1 aliphatic carbocycles. The molecule has 0 bridgehead atoms. The highest BCUT2D eigenvalue weighted by Crippen LogP contribution is 2.33. The van der Waals surface area contributed by atoms with Crippen molar-refractivity contribution >= 4 is 11.9 Å². The molecule has 1 fully saturated rings. The van der Waals surface area contributed by atoms with E-state index in [1.54, 1.807) is 6.07 Å². The summed E-state index contributed by atoms with van der Waals surface area (Å²) >= 11 is 0. The lowest BCUT2D eigenvalue weighted by molar-refractivity contribution is -0.151. The Morgan fingerprint density at radius 1 is 1.22 bits per heavy atom. The van der Waals surface area contributed by atoms with Crippen LogP contribution in [0, 0.1) is 0 Å². The maximum atomic E-state index is 12.7. The lowest BCUT2D eigenvalue weighted by Crippen LogP contribution is -2.43. The first kappa shape index (κ1) is 17.7. The molecule has 0 saturated heterocycles. The van der Waals surface area contributed by atoms with Crippen molar-refractivity contribution in [3.63, 3.8) is 0 Å². The number of aromatic nitrogens is 2. The van der Waals surface area contributed by atoms with Gasteiger partial charge >= 0.3 is 5.97 Å². The molecule has 4 rings (SSSR count). The van der Waals surface area contributed by atoms with E-state index >= 15 is 0 Å². The third kappa shape index (κ3) is 3.59. The van der Waals surface area contributed by atoms with E-state index in [9.17, 15) is 14.7 Å². The number of carbonyl (C=O) groups excluding carboxylic acids is 1. The van der Waals surface area contributed by atoms with E-state index in [1.807, 2.05) is 18.2 Å². The molecule has 1 atom stereocenters. The number of carbonyl (C=O) groups is 2. The number of amides is 1. The average Bonchev–Trinajstić information content (AvgIpc) is 3.36. The van der Waals surface area contributed by atoms with Gasteiger partial charge in [0.15, 0.2) is 11.9 Å². The lowest BCUT2D eigenvalue weighted by atomic mass is 9.92. The van der Waals surface area contributed by atoms with Crippen molar-refractivity contribution in [2.75, 3.05) is 6.54 Å². The van der Waals surface area contributed by atoms with Crippen LogP contribution >= 0.6 is 0 Å². The Hall–Kier alpha value is -2.70. The second kappa shape index (κ2) is 7.50. The number of aryl methyl sites for hydroxylation is 1. The van der Waals surface area contributed by atoms with Crippen molar-refractivity contribution in [3.05, 3.63) is 47.1 Å². The van der Waals surface area contributed by atoms with Gasteiger partial charge in [0.2, 0.25) is 11.8 Å². The van der Waals surface area contributed by atoms with E-state index in [1.165, 1.54) is 17.7 Å². The highest BCUT2D eigenvalue weighted by Gasteiger charge is 2.35. The normalized spacial score (nSPS) is 19.9. The van der Waals surface area contributed by atoms with Crippen LogP contribution in [0.15, 0.2) is 28.8 Å². The average molecular weight is 369 g/mol. The first-order valence-corrected chi connectivity index (χ1v) is 9.56. The Labute approximate surface area is 157 Å². The Balaban J connectivity index is 1.42. The van der Waals surface area contributed by atoms with Gasteiger partial charge in [0.05, 0.1) is 0 Å². The van der Waals surface area contributed by atoms with Gasteiger partial charge in [0, 0.05) is 25.3 Å². The fourth-order valence-corrected chi connectivity index (χ4v) is 4.18. The van der Waals surface area contributed by atoms with Crippen LogP contribution in [0.25, 0.3) is 0 Å². The molecule has 0 radical (unpaired) electrons. The fourth-order valence-electron chi connectivity index (χ4n) is 4.18. The minimum absolute atomic E-state index is 0.165. The highest BCUT2D eigenvalue weighted by molar-refractivity contribution is 5.85. The summed E-state index contributed by atoms with van der Waals surface area (Å²) in [5, 5.41) is 13.7. The van der Waals surface area contributed by atoms with E-state index in [-0.39, 0.29) is 12.3 Å². The predicted molar refractivity (Wildman–Crippen MR) is 96.1 cm³/mol. The minimum atomic E-state index is -1.00. The summed E-state index contributed by atoms with van der Waals surface area (Å²) in [5.74, 6) is 0.363. The largest absolute Gasteiger partial charge is 0.479 e. The van der Waals surface area contributed by atoms with Crippen LogP contribution in [0.5, 0.6) is 0 Å². The summed E-state index contributed by atoms with van der Waals surface area (Å²) in [4.78, 5) is 30.4. The third-order valence-corrected chi connectivity index (χ3v) is 5.59. The zero-order valence-electron chi connectivity index (χ0n) is 15.1. The Kier molecular flexibility index (Phi) is 4.92. The monoisotopic (exact) mass is 369 g/mol. The van der Waals surface area contributed by atoms with E-state index in [4.69, 9.17) is 4.52 Å². The molecule has 7 nitrogen and oxygen atoms in total. The van der Waals surface area contributed by atoms with E-state index in [0.717, 1.165) is 24.2 Å². The maximum Gasteiger partial charge on any atom is 0.331 e. The summed E-state index contributed by atoms with van der Waals surface area (Å²) in [7, 11) is 0. The number of hydrogen-bond acceptors (Lipinski definition) is 5. The van der Waals surface area contributed by atoms with Crippen molar-refractivity contribution in [1.82, 2.24) is 15.0 Å². The maximum absolute atomic E-state index is 12.7. The second-order valence-corrected chi connectivity index (χ2v) is 7.30. The summed E-state index contributed by atoms with van der Waals surface area (Å²) in [5.41, 5.74) is 1.69. The number of carboxylic acids is 1. The number of carboxylic acid groups (broad SMARTS) is 1. The van der Waals surface area contributed by atoms with Crippen LogP contribution in [0.1, 0.15) is 66.9 Å². The minimum Gasteiger partial charge on any atom is -0.479 e. The van der Waals surface area contributed by atoms with Crippen molar-refractivity contribution in [2.45, 2.75) is 56.9 Å². The number of nitrogens with zero attached hydrogens (tertiary/aromatic N) is 3. The molecule has 2 heterocycles. The number of fused-ring (bicyclic) bond motifs is 1. The second-order valence-electron chi connectivity index (χ2n) is 7.30. The number of hydrogen-bond donors (Lipinski definition) is 1. The van der Waals surface area contributed by atoms with Crippen LogP contribution in [0.2, 0.25) is 0 Å². The summed E-state index contributed by atoms with van der Waals surface area (Å²) in [6.45, 7) is 0.407. The predicted octanol–water partition coefficient (Wildman–Crippen LogP) is 2.87. The lowest BCUT2D eigenvalue weighted by Gasteiger charge is -2.34. The molecule has 142 valence electrons. The molecule has 27 heavy (non-hydrogen) atoms. The Morgan fingerprint density at radius 3 is 2.78 bits per heavy atom. The van der Waals surface area contributed by atoms with Gasteiger partial charge in [-0.05, 0) is 30.4 Å². The number of aliphatic carboxylic acids is 1.